The van der Waals surface area contributed by atoms with Gasteiger partial charge in [0, 0.05) is 44.6 Å². The predicted molar refractivity (Wildman–Crippen MR) is 113 cm³/mol. The topological polar surface area (TPSA) is 131 Å². The molecule has 170 valence electrons. The van der Waals surface area contributed by atoms with Gasteiger partial charge >= 0.3 is 6.09 Å². The summed E-state index contributed by atoms with van der Waals surface area (Å²) in [6, 6.07) is 5.07. The van der Waals surface area contributed by atoms with Crippen LogP contribution in [0.5, 0.6) is 0 Å². The number of likely N-dealkylation sites (N-methyl/N-ethyl adjacent to an activating group) is 1. The van der Waals surface area contributed by atoms with Gasteiger partial charge in [0.2, 0.25) is 11.8 Å². The number of hydrogen-bond acceptors (Lipinski definition) is 6. The summed E-state index contributed by atoms with van der Waals surface area (Å²) < 4.78 is 5.36. The van der Waals surface area contributed by atoms with Crippen molar-refractivity contribution in [3.8, 4) is 0 Å². The molecular formula is C21H30N4O6. The van der Waals surface area contributed by atoms with Crippen LogP contribution >= 0.6 is 0 Å². The van der Waals surface area contributed by atoms with Crippen LogP contribution in [0.2, 0.25) is 0 Å². The zero-order valence-corrected chi connectivity index (χ0v) is 18.3. The highest BCUT2D eigenvalue weighted by molar-refractivity contribution is 5.88. The molecule has 1 aromatic carbocycles. The second kappa shape index (κ2) is 10.2. The van der Waals surface area contributed by atoms with E-state index in [0.29, 0.717) is 31.5 Å². The molecule has 0 aliphatic carbocycles. The van der Waals surface area contributed by atoms with Crippen molar-refractivity contribution >= 4 is 23.6 Å². The Morgan fingerprint density at radius 2 is 1.77 bits per heavy atom. The molecule has 10 nitrogen and oxygen atoms in total. The third-order valence-electron chi connectivity index (χ3n) is 4.98. The Morgan fingerprint density at radius 3 is 2.26 bits per heavy atom. The van der Waals surface area contributed by atoms with Gasteiger partial charge in [0.25, 0.3) is 5.69 Å². The Bertz CT molecular complexity index is 810. The van der Waals surface area contributed by atoms with E-state index >= 15 is 0 Å². The van der Waals surface area contributed by atoms with E-state index in [1.807, 2.05) is 0 Å². The molecule has 1 atom stereocenters. The Kier molecular flexibility index (Phi) is 7.95. The molecule has 1 fully saturated rings. The van der Waals surface area contributed by atoms with Gasteiger partial charge in [-0.1, -0.05) is 12.1 Å². The minimum Gasteiger partial charge on any atom is -0.444 e. The molecule has 1 aromatic rings. The Morgan fingerprint density at radius 1 is 1.19 bits per heavy atom. The molecule has 1 unspecified atom stereocenters. The van der Waals surface area contributed by atoms with Crippen LogP contribution in [0.25, 0.3) is 0 Å². The van der Waals surface area contributed by atoms with Gasteiger partial charge in [0.05, 0.1) is 4.92 Å². The van der Waals surface area contributed by atoms with Gasteiger partial charge < -0.3 is 20.3 Å². The van der Waals surface area contributed by atoms with Crippen LogP contribution in [0, 0.1) is 16.0 Å². The number of likely N-dealkylation sites (tertiary alicyclic amines) is 1. The first-order chi connectivity index (χ1) is 14.5. The first-order valence-corrected chi connectivity index (χ1v) is 10.2. The number of rotatable bonds is 6. The van der Waals surface area contributed by atoms with Crippen molar-refractivity contribution in [1.29, 1.82) is 0 Å². The number of nitro benzene ring substituents is 1. The number of ether oxygens (including phenoxy) is 1. The fraction of sp³-hybridized carbons (Fsp3) is 0.571. The third kappa shape index (κ3) is 7.23. The molecule has 0 aromatic heterocycles. The average Bonchev–Trinajstić information content (AvgIpc) is 2.71. The maximum atomic E-state index is 12.8. The van der Waals surface area contributed by atoms with Crippen LogP contribution in [0.3, 0.4) is 0 Å². The molecule has 0 spiro atoms. The Hall–Kier alpha value is -3.17. The second-order valence-corrected chi connectivity index (χ2v) is 8.54. The summed E-state index contributed by atoms with van der Waals surface area (Å²) in [6.45, 7) is 6.21. The van der Waals surface area contributed by atoms with E-state index in [4.69, 9.17) is 4.74 Å². The van der Waals surface area contributed by atoms with E-state index in [-0.39, 0.29) is 29.8 Å². The molecule has 2 rings (SSSR count). The van der Waals surface area contributed by atoms with Crippen molar-refractivity contribution in [2.24, 2.45) is 5.92 Å². The Labute approximate surface area is 181 Å². The summed E-state index contributed by atoms with van der Waals surface area (Å²) in [4.78, 5) is 49.1. The van der Waals surface area contributed by atoms with E-state index in [1.165, 1.54) is 19.2 Å². The van der Waals surface area contributed by atoms with Gasteiger partial charge in [-0.15, -0.1) is 0 Å². The van der Waals surface area contributed by atoms with Crippen LogP contribution < -0.4 is 10.6 Å². The number of nitrogens with one attached hydrogen (secondary N) is 2. The zero-order chi connectivity index (χ0) is 23.2. The van der Waals surface area contributed by atoms with Gasteiger partial charge in [-0.2, -0.15) is 0 Å². The molecule has 31 heavy (non-hydrogen) atoms. The average molecular weight is 434 g/mol. The number of nitrogens with zero attached hydrogens (tertiary/aromatic N) is 2. The lowest BCUT2D eigenvalue weighted by Crippen LogP contribution is -2.51. The van der Waals surface area contributed by atoms with Crippen LogP contribution in [0.4, 0.5) is 10.5 Å². The molecule has 3 amide bonds. The van der Waals surface area contributed by atoms with Crippen LogP contribution in [0.15, 0.2) is 24.3 Å². The molecule has 0 bridgehead atoms. The fourth-order valence-electron chi connectivity index (χ4n) is 3.31. The highest BCUT2D eigenvalue weighted by atomic mass is 16.6. The molecule has 2 N–H and O–H groups in total. The highest BCUT2D eigenvalue weighted by Gasteiger charge is 2.31. The SMILES string of the molecule is CNC(=O)C(Cc1ccc([N+](=O)[O-])cc1)NC(=O)C1CCN(C(=O)OC(C)(C)C)CC1. The monoisotopic (exact) mass is 434 g/mol. The first-order valence-electron chi connectivity index (χ1n) is 10.2. The summed E-state index contributed by atoms with van der Waals surface area (Å²) in [5.74, 6) is -0.917. The molecular weight excluding hydrogens is 404 g/mol. The molecule has 10 heteroatoms. The lowest BCUT2D eigenvalue weighted by atomic mass is 9.95. The zero-order valence-electron chi connectivity index (χ0n) is 18.3. The summed E-state index contributed by atoms with van der Waals surface area (Å²) in [5.41, 5.74) is 0.0736. The first kappa shape index (κ1) is 24.1. The van der Waals surface area contributed by atoms with Gasteiger partial charge in [0.1, 0.15) is 11.6 Å². The van der Waals surface area contributed by atoms with Gasteiger partial charge in [-0.05, 0) is 39.2 Å². The molecule has 1 aliphatic heterocycles. The quantitative estimate of drug-likeness (QED) is 0.520. The lowest BCUT2D eigenvalue weighted by molar-refractivity contribution is -0.384. The number of piperidine rings is 1. The smallest absolute Gasteiger partial charge is 0.410 e. The molecule has 1 saturated heterocycles. The molecule has 1 aliphatic rings. The standard InChI is InChI=1S/C21H30N4O6/c1-21(2,3)31-20(28)24-11-9-15(10-12-24)18(26)23-17(19(27)22-4)13-14-5-7-16(8-6-14)25(29)30/h5-8,15,17H,9-13H2,1-4H3,(H,22,27)(H,23,26). The number of amides is 3. The number of benzene rings is 1. The van der Waals surface area contributed by atoms with E-state index in [9.17, 15) is 24.5 Å². The number of carbonyl (C=O) groups excluding carboxylic acids is 3. The molecule has 0 radical (unpaired) electrons. The van der Waals surface area contributed by atoms with Crippen LogP contribution in [-0.4, -0.2) is 59.5 Å². The third-order valence-corrected chi connectivity index (χ3v) is 4.98. The highest BCUT2D eigenvalue weighted by Crippen LogP contribution is 2.20. The fourth-order valence-corrected chi connectivity index (χ4v) is 3.31. The maximum absolute atomic E-state index is 12.8. The van der Waals surface area contributed by atoms with E-state index in [0.717, 1.165) is 0 Å². The predicted octanol–water partition coefficient (Wildman–Crippen LogP) is 2.02. The minimum absolute atomic E-state index is 0.0407. The molecule has 0 saturated carbocycles. The molecule has 1 heterocycles. The number of hydrogen-bond donors (Lipinski definition) is 2. The lowest BCUT2D eigenvalue weighted by Gasteiger charge is -2.33. The summed E-state index contributed by atoms with van der Waals surface area (Å²) >= 11 is 0. The van der Waals surface area contributed by atoms with Crippen molar-refractivity contribution in [3.05, 3.63) is 39.9 Å². The summed E-state index contributed by atoms with van der Waals surface area (Å²) in [6.07, 6.45) is 0.763. The Balaban J connectivity index is 1.95. The number of nitro groups is 1. The normalized spacial score (nSPS) is 15.7. The summed E-state index contributed by atoms with van der Waals surface area (Å²) in [5, 5.41) is 16.1. The van der Waals surface area contributed by atoms with E-state index in [1.54, 1.807) is 37.8 Å². The summed E-state index contributed by atoms with van der Waals surface area (Å²) in [7, 11) is 1.48. The van der Waals surface area contributed by atoms with E-state index in [2.05, 4.69) is 10.6 Å². The van der Waals surface area contributed by atoms with E-state index < -0.39 is 22.7 Å². The van der Waals surface area contributed by atoms with Crippen LogP contribution in [-0.2, 0) is 20.7 Å². The van der Waals surface area contributed by atoms with Gasteiger partial charge in [-0.25, -0.2) is 4.79 Å². The largest absolute Gasteiger partial charge is 0.444 e. The van der Waals surface area contributed by atoms with Crippen molar-refractivity contribution in [3.63, 3.8) is 0 Å². The van der Waals surface area contributed by atoms with Crippen molar-refractivity contribution < 1.29 is 24.0 Å². The van der Waals surface area contributed by atoms with Crippen molar-refractivity contribution in [1.82, 2.24) is 15.5 Å². The van der Waals surface area contributed by atoms with Crippen molar-refractivity contribution in [2.45, 2.75) is 51.7 Å². The van der Waals surface area contributed by atoms with Crippen molar-refractivity contribution in [2.75, 3.05) is 20.1 Å². The minimum atomic E-state index is -0.803. The number of non-ortho nitro benzene ring substituents is 1. The second-order valence-electron chi connectivity index (χ2n) is 8.54. The van der Waals surface area contributed by atoms with Gasteiger partial charge in [-0.3, -0.25) is 19.7 Å². The maximum Gasteiger partial charge on any atom is 0.410 e. The van der Waals surface area contributed by atoms with Gasteiger partial charge in [0.15, 0.2) is 0 Å². The number of carbonyl (C=O) groups is 3. The van der Waals surface area contributed by atoms with Crippen LogP contribution in [0.1, 0.15) is 39.2 Å².